The Morgan fingerprint density at radius 3 is 2.89 bits per heavy atom. The Kier molecular flexibility index (Phi) is 3.97. The van der Waals surface area contributed by atoms with Crippen molar-refractivity contribution < 1.29 is 14.3 Å². The molecule has 0 aliphatic carbocycles. The second-order valence-corrected chi connectivity index (χ2v) is 4.41. The molecule has 100 valence electrons. The van der Waals surface area contributed by atoms with Gasteiger partial charge in [-0.1, -0.05) is 0 Å². The molecule has 0 saturated heterocycles. The first-order valence-corrected chi connectivity index (χ1v) is 6.04. The molecular formula is C14H16N2O3. The molecule has 0 aromatic carbocycles. The van der Waals surface area contributed by atoms with Crippen molar-refractivity contribution in [3.8, 4) is 0 Å². The Bertz CT molecular complexity index is 578. The second kappa shape index (κ2) is 5.67. The third-order valence-electron chi connectivity index (χ3n) is 3.00. The van der Waals surface area contributed by atoms with Crippen LogP contribution in [-0.2, 0) is 6.54 Å². The number of nitrogens with zero attached hydrogens (tertiary/aromatic N) is 1. The van der Waals surface area contributed by atoms with Crippen molar-refractivity contribution in [2.45, 2.75) is 26.4 Å². The van der Waals surface area contributed by atoms with Crippen LogP contribution in [0.3, 0.4) is 0 Å². The van der Waals surface area contributed by atoms with Crippen molar-refractivity contribution in [3.05, 3.63) is 53.2 Å². The van der Waals surface area contributed by atoms with Crippen LogP contribution in [-0.4, -0.2) is 16.1 Å². The topological polar surface area (TPSA) is 75.4 Å². The number of rotatable bonds is 5. The van der Waals surface area contributed by atoms with E-state index in [2.05, 4.69) is 10.3 Å². The van der Waals surface area contributed by atoms with Gasteiger partial charge >= 0.3 is 5.97 Å². The van der Waals surface area contributed by atoms with Gasteiger partial charge in [-0.2, -0.15) is 0 Å². The number of carbonyl (C=O) groups is 1. The maximum atomic E-state index is 10.7. The van der Waals surface area contributed by atoms with E-state index in [4.69, 9.17) is 9.52 Å². The average Bonchev–Trinajstić information content (AvgIpc) is 2.87. The first kappa shape index (κ1) is 13.3. The summed E-state index contributed by atoms with van der Waals surface area (Å²) in [7, 11) is 0. The molecule has 5 nitrogen and oxygen atoms in total. The van der Waals surface area contributed by atoms with Crippen molar-refractivity contribution in [1.82, 2.24) is 10.3 Å². The van der Waals surface area contributed by atoms with Crippen molar-refractivity contribution >= 4 is 5.97 Å². The number of furan rings is 1. The van der Waals surface area contributed by atoms with Crippen molar-refractivity contribution in [1.29, 1.82) is 0 Å². The van der Waals surface area contributed by atoms with Crippen molar-refractivity contribution in [2.75, 3.05) is 0 Å². The van der Waals surface area contributed by atoms with Crippen LogP contribution in [0.2, 0.25) is 0 Å². The van der Waals surface area contributed by atoms with Crippen LogP contribution in [0.25, 0.3) is 0 Å². The molecular weight excluding hydrogens is 244 g/mol. The molecule has 19 heavy (non-hydrogen) atoms. The van der Waals surface area contributed by atoms with Crippen LogP contribution in [0.1, 0.15) is 40.4 Å². The predicted molar refractivity (Wildman–Crippen MR) is 69.9 cm³/mol. The number of aromatic nitrogens is 1. The number of carboxylic acids is 1. The van der Waals surface area contributed by atoms with Crippen LogP contribution in [0.15, 0.2) is 35.0 Å². The Labute approximate surface area is 111 Å². The molecule has 2 N–H and O–H groups in total. The molecule has 2 aromatic rings. The minimum absolute atomic E-state index is 0.0382. The van der Waals surface area contributed by atoms with Gasteiger partial charge in [0.2, 0.25) is 5.76 Å². The summed E-state index contributed by atoms with van der Waals surface area (Å²) in [4.78, 5) is 14.8. The number of hydrogen-bond acceptors (Lipinski definition) is 4. The normalized spacial score (nSPS) is 12.3. The molecule has 0 bridgehead atoms. The van der Waals surface area contributed by atoms with Gasteiger partial charge in [0.05, 0.1) is 6.04 Å². The van der Waals surface area contributed by atoms with Crippen molar-refractivity contribution in [3.63, 3.8) is 0 Å². The SMILES string of the molecule is Cc1cnccc1CNC(C)c1ccc(C(=O)O)o1. The molecule has 0 aliphatic rings. The number of aromatic carboxylic acids is 1. The van der Waals surface area contributed by atoms with Crippen LogP contribution in [0.4, 0.5) is 0 Å². The van der Waals surface area contributed by atoms with Crippen LogP contribution in [0.5, 0.6) is 0 Å². The first-order valence-electron chi connectivity index (χ1n) is 6.04. The molecule has 1 atom stereocenters. The smallest absolute Gasteiger partial charge is 0.371 e. The minimum atomic E-state index is -1.05. The van der Waals surface area contributed by atoms with Gasteiger partial charge in [-0.15, -0.1) is 0 Å². The zero-order valence-corrected chi connectivity index (χ0v) is 10.9. The number of hydrogen-bond donors (Lipinski definition) is 2. The molecule has 0 saturated carbocycles. The summed E-state index contributed by atoms with van der Waals surface area (Å²) in [6.45, 7) is 4.61. The fraction of sp³-hybridized carbons (Fsp3) is 0.286. The molecule has 0 aliphatic heterocycles. The number of pyridine rings is 1. The summed E-state index contributed by atoms with van der Waals surface area (Å²) in [6, 6.07) is 5.05. The Balaban J connectivity index is 1.99. The lowest BCUT2D eigenvalue weighted by Crippen LogP contribution is -2.18. The maximum absolute atomic E-state index is 10.7. The highest BCUT2D eigenvalue weighted by molar-refractivity contribution is 5.84. The van der Waals surface area contributed by atoms with E-state index in [1.54, 1.807) is 12.3 Å². The van der Waals surface area contributed by atoms with Crippen molar-refractivity contribution in [2.24, 2.45) is 0 Å². The number of carboxylic acid groups (broad SMARTS) is 1. The monoisotopic (exact) mass is 260 g/mol. The maximum Gasteiger partial charge on any atom is 0.371 e. The third kappa shape index (κ3) is 3.20. The molecule has 0 amide bonds. The fourth-order valence-corrected chi connectivity index (χ4v) is 1.76. The highest BCUT2D eigenvalue weighted by Crippen LogP contribution is 2.17. The van der Waals surface area contributed by atoms with Crippen LogP contribution >= 0.6 is 0 Å². The largest absolute Gasteiger partial charge is 0.475 e. The molecule has 5 heteroatoms. The summed E-state index contributed by atoms with van der Waals surface area (Å²) < 4.78 is 5.25. The van der Waals surface area contributed by atoms with Gasteiger partial charge in [-0.05, 0) is 43.2 Å². The zero-order chi connectivity index (χ0) is 13.8. The van der Waals surface area contributed by atoms with E-state index in [0.717, 1.165) is 11.1 Å². The third-order valence-corrected chi connectivity index (χ3v) is 3.00. The Morgan fingerprint density at radius 1 is 1.47 bits per heavy atom. The lowest BCUT2D eigenvalue weighted by molar-refractivity contribution is 0.0659. The first-order chi connectivity index (χ1) is 9.08. The molecule has 1 unspecified atom stereocenters. The van der Waals surface area contributed by atoms with Gasteiger partial charge in [-0.25, -0.2) is 4.79 Å². The minimum Gasteiger partial charge on any atom is -0.475 e. The van der Waals surface area contributed by atoms with E-state index in [9.17, 15) is 4.79 Å². The van der Waals surface area contributed by atoms with E-state index < -0.39 is 5.97 Å². The van der Waals surface area contributed by atoms with E-state index in [1.807, 2.05) is 26.1 Å². The molecule has 0 fully saturated rings. The summed E-state index contributed by atoms with van der Waals surface area (Å²) in [5.41, 5.74) is 2.28. The predicted octanol–water partition coefficient (Wildman–Crippen LogP) is 2.53. The second-order valence-electron chi connectivity index (χ2n) is 4.41. The highest BCUT2D eigenvalue weighted by Gasteiger charge is 2.13. The lowest BCUT2D eigenvalue weighted by Gasteiger charge is -2.12. The summed E-state index contributed by atoms with van der Waals surface area (Å²) in [5, 5.41) is 12.1. The molecule has 2 aromatic heterocycles. The molecule has 2 heterocycles. The van der Waals surface area contributed by atoms with Gasteiger partial charge in [0, 0.05) is 18.9 Å². The molecule has 2 rings (SSSR count). The van der Waals surface area contributed by atoms with E-state index >= 15 is 0 Å². The zero-order valence-electron chi connectivity index (χ0n) is 10.9. The van der Waals surface area contributed by atoms with Gasteiger partial charge in [-0.3, -0.25) is 4.98 Å². The average molecular weight is 260 g/mol. The summed E-state index contributed by atoms with van der Waals surface area (Å²) in [6.07, 6.45) is 3.57. The van der Waals surface area contributed by atoms with Crippen LogP contribution < -0.4 is 5.32 Å². The lowest BCUT2D eigenvalue weighted by atomic mass is 10.1. The fourth-order valence-electron chi connectivity index (χ4n) is 1.76. The Hall–Kier alpha value is -2.14. The standard InChI is InChI=1S/C14H16N2O3/c1-9-7-15-6-5-11(9)8-16-10(2)12-3-4-13(19-12)14(17)18/h3-7,10,16H,8H2,1-2H3,(H,17,18). The van der Waals surface area contributed by atoms with Crippen LogP contribution in [0, 0.1) is 6.92 Å². The van der Waals surface area contributed by atoms with E-state index in [-0.39, 0.29) is 11.8 Å². The Morgan fingerprint density at radius 2 is 2.26 bits per heavy atom. The highest BCUT2D eigenvalue weighted by atomic mass is 16.4. The summed E-state index contributed by atoms with van der Waals surface area (Å²) in [5.74, 6) is -0.476. The van der Waals surface area contributed by atoms with E-state index in [1.165, 1.54) is 6.07 Å². The van der Waals surface area contributed by atoms with Gasteiger partial charge < -0.3 is 14.8 Å². The quantitative estimate of drug-likeness (QED) is 0.864. The molecule has 0 spiro atoms. The summed E-state index contributed by atoms with van der Waals surface area (Å²) >= 11 is 0. The van der Waals surface area contributed by atoms with Gasteiger partial charge in [0.1, 0.15) is 5.76 Å². The van der Waals surface area contributed by atoms with Gasteiger partial charge in [0.25, 0.3) is 0 Å². The number of nitrogens with one attached hydrogen (secondary N) is 1. The number of aryl methyl sites for hydroxylation is 1. The molecule has 0 radical (unpaired) electrons. The van der Waals surface area contributed by atoms with Gasteiger partial charge in [0.15, 0.2) is 0 Å². The van der Waals surface area contributed by atoms with E-state index in [0.29, 0.717) is 12.3 Å².